The maximum Gasteiger partial charge on any atom is 0.240 e. The van der Waals surface area contributed by atoms with Gasteiger partial charge >= 0.3 is 0 Å². The topological polar surface area (TPSA) is 111 Å². The molecule has 234 valence electrons. The molecule has 0 aliphatic carbocycles. The maximum atomic E-state index is 13.9. The van der Waals surface area contributed by atoms with Crippen molar-refractivity contribution in [2.24, 2.45) is 11.7 Å². The Bertz CT molecular complexity index is 1420. The number of hydrogen-bond donors (Lipinski definition) is 4. The van der Waals surface area contributed by atoms with E-state index >= 15 is 0 Å². The van der Waals surface area contributed by atoms with Gasteiger partial charge in [-0.3, -0.25) is 15.0 Å². The maximum absolute atomic E-state index is 13.9. The van der Waals surface area contributed by atoms with Crippen molar-refractivity contribution < 1.29 is 9.59 Å². The van der Waals surface area contributed by atoms with Gasteiger partial charge in [0, 0.05) is 37.0 Å². The first kappa shape index (κ1) is 33.3. The molecule has 7 nitrogen and oxygen atoms in total. The number of likely N-dealkylation sites (tertiary alicyclic amines) is 1. The SMILES string of the molecule is CNC(=O)CCCC1CCN(C(=O)[C@H](Cc2cccc(C(=N)N)c2)NSc2cccc(-c3ccc(C(C)(C)C)cc3)c2)CC1. The van der Waals surface area contributed by atoms with Crippen LogP contribution in [0.3, 0.4) is 0 Å². The largest absolute Gasteiger partial charge is 0.384 e. The van der Waals surface area contributed by atoms with Gasteiger partial charge in [-0.25, -0.2) is 4.72 Å². The number of nitrogens with zero attached hydrogens (tertiary/aromatic N) is 1. The van der Waals surface area contributed by atoms with Crippen LogP contribution in [0.1, 0.15) is 69.6 Å². The lowest BCUT2D eigenvalue weighted by Gasteiger charge is -2.34. The van der Waals surface area contributed by atoms with E-state index in [1.54, 1.807) is 7.05 Å². The van der Waals surface area contributed by atoms with E-state index in [1.807, 2.05) is 29.2 Å². The zero-order chi connectivity index (χ0) is 31.7. The van der Waals surface area contributed by atoms with Crippen molar-refractivity contribution in [1.29, 1.82) is 5.41 Å². The third kappa shape index (κ3) is 9.44. The average molecular weight is 614 g/mol. The number of hydrogen-bond acceptors (Lipinski definition) is 5. The Kier molecular flexibility index (Phi) is 11.6. The highest BCUT2D eigenvalue weighted by molar-refractivity contribution is 7.97. The molecule has 0 bridgehead atoms. The van der Waals surface area contributed by atoms with E-state index in [1.165, 1.54) is 17.5 Å². The number of nitrogens with two attached hydrogens (primary N) is 1. The van der Waals surface area contributed by atoms with Crippen LogP contribution in [0, 0.1) is 11.3 Å². The van der Waals surface area contributed by atoms with Crippen molar-refractivity contribution in [2.75, 3.05) is 20.1 Å². The van der Waals surface area contributed by atoms with Gasteiger partial charge < -0.3 is 16.0 Å². The minimum absolute atomic E-state index is 0.0166. The molecule has 1 atom stereocenters. The molecule has 1 fully saturated rings. The van der Waals surface area contributed by atoms with Gasteiger partial charge in [-0.2, -0.15) is 0 Å². The Morgan fingerprint density at radius 2 is 1.70 bits per heavy atom. The van der Waals surface area contributed by atoms with Gasteiger partial charge in [-0.1, -0.05) is 75.4 Å². The average Bonchev–Trinajstić information content (AvgIpc) is 3.03. The van der Waals surface area contributed by atoms with E-state index in [9.17, 15) is 9.59 Å². The van der Waals surface area contributed by atoms with E-state index in [2.05, 4.69) is 79.3 Å². The molecule has 0 radical (unpaired) electrons. The molecule has 2 amide bonds. The lowest BCUT2D eigenvalue weighted by Crippen LogP contribution is -2.48. The fourth-order valence-electron chi connectivity index (χ4n) is 5.66. The molecule has 0 aromatic heterocycles. The summed E-state index contributed by atoms with van der Waals surface area (Å²) >= 11 is 1.48. The Morgan fingerprint density at radius 1 is 1.00 bits per heavy atom. The quantitative estimate of drug-likeness (QED) is 0.109. The van der Waals surface area contributed by atoms with E-state index in [4.69, 9.17) is 11.1 Å². The normalized spacial score (nSPS) is 14.7. The van der Waals surface area contributed by atoms with Crippen LogP contribution in [-0.2, 0) is 21.4 Å². The summed E-state index contributed by atoms with van der Waals surface area (Å²) < 4.78 is 3.50. The van der Waals surface area contributed by atoms with Crippen LogP contribution < -0.4 is 15.8 Å². The van der Waals surface area contributed by atoms with Crippen LogP contribution in [0.15, 0.2) is 77.7 Å². The van der Waals surface area contributed by atoms with Crippen molar-refractivity contribution in [3.05, 3.63) is 89.5 Å². The second-order valence-corrected chi connectivity index (χ2v) is 13.7. The van der Waals surface area contributed by atoms with Gasteiger partial charge in [0.05, 0.1) is 0 Å². The van der Waals surface area contributed by atoms with Gasteiger partial charge in [0.15, 0.2) is 0 Å². The zero-order valence-corrected chi connectivity index (χ0v) is 27.3. The molecule has 4 rings (SSSR count). The molecule has 1 aliphatic rings. The Balaban J connectivity index is 1.45. The molecular weight excluding hydrogens is 566 g/mol. The molecule has 5 N–H and O–H groups in total. The fourth-order valence-corrected chi connectivity index (χ4v) is 6.46. The minimum Gasteiger partial charge on any atom is -0.384 e. The summed E-state index contributed by atoms with van der Waals surface area (Å²) in [6.45, 7) is 8.10. The molecule has 0 saturated carbocycles. The van der Waals surface area contributed by atoms with Gasteiger partial charge in [0.2, 0.25) is 11.8 Å². The Hall–Kier alpha value is -3.62. The van der Waals surface area contributed by atoms with Crippen LogP contribution in [0.2, 0.25) is 0 Å². The predicted octanol–water partition coefficient (Wildman–Crippen LogP) is 6.30. The molecule has 1 heterocycles. The van der Waals surface area contributed by atoms with E-state index in [0.29, 0.717) is 24.3 Å². The first-order valence-electron chi connectivity index (χ1n) is 15.6. The number of rotatable bonds is 12. The number of amides is 2. The number of piperidine rings is 1. The summed E-state index contributed by atoms with van der Waals surface area (Å²) in [5.41, 5.74) is 11.1. The van der Waals surface area contributed by atoms with Gasteiger partial charge in [-0.05, 0) is 95.8 Å². The van der Waals surface area contributed by atoms with Crippen LogP contribution >= 0.6 is 11.9 Å². The fraction of sp³-hybridized carbons (Fsp3) is 0.417. The van der Waals surface area contributed by atoms with E-state index < -0.39 is 6.04 Å². The number of benzene rings is 3. The minimum atomic E-state index is -0.443. The molecule has 3 aromatic rings. The highest BCUT2D eigenvalue weighted by Crippen LogP contribution is 2.29. The molecule has 44 heavy (non-hydrogen) atoms. The highest BCUT2D eigenvalue weighted by Gasteiger charge is 2.29. The summed E-state index contributed by atoms with van der Waals surface area (Å²) in [7, 11) is 1.67. The number of carbonyl (C=O) groups excluding carboxylic acids is 2. The number of nitrogens with one attached hydrogen (secondary N) is 3. The third-order valence-electron chi connectivity index (χ3n) is 8.43. The molecule has 1 aliphatic heterocycles. The third-order valence-corrected chi connectivity index (χ3v) is 9.33. The second-order valence-electron chi connectivity index (χ2n) is 12.8. The van der Waals surface area contributed by atoms with E-state index in [-0.39, 0.29) is 23.1 Å². The highest BCUT2D eigenvalue weighted by atomic mass is 32.2. The number of carbonyl (C=O) groups is 2. The molecule has 0 unspecified atom stereocenters. The number of amidine groups is 1. The van der Waals surface area contributed by atoms with Crippen LogP contribution in [-0.4, -0.2) is 48.7 Å². The summed E-state index contributed by atoms with van der Waals surface area (Å²) in [5, 5.41) is 10.5. The van der Waals surface area contributed by atoms with Gasteiger partial charge in [-0.15, -0.1) is 0 Å². The van der Waals surface area contributed by atoms with Crippen molar-refractivity contribution in [3.8, 4) is 11.1 Å². The first-order chi connectivity index (χ1) is 21.0. The standard InChI is InChI=1S/C36H47N5O2S/c1-36(2,3)30-16-14-27(15-17-30)28-10-7-12-31(24-28)44-40-32(23-26-9-5-11-29(22-26)34(37)38)35(43)41-20-18-25(19-21-41)8-6-13-33(42)39-4/h5,7,9-12,14-17,22,24-25,32,40H,6,8,13,18-21,23H2,1-4H3,(H3,37,38)(H,39,42)/t32-/m0/s1. The summed E-state index contributed by atoms with van der Waals surface area (Å²) in [6.07, 6.45) is 4.85. The van der Waals surface area contributed by atoms with Crippen LogP contribution in [0.4, 0.5) is 0 Å². The zero-order valence-electron chi connectivity index (χ0n) is 26.5. The van der Waals surface area contributed by atoms with Crippen LogP contribution in [0.25, 0.3) is 11.1 Å². The molecule has 0 spiro atoms. The lowest BCUT2D eigenvalue weighted by molar-refractivity contribution is -0.134. The van der Waals surface area contributed by atoms with Crippen molar-refractivity contribution in [3.63, 3.8) is 0 Å². The molecule has 8 heteroatoms. The second kappa shape index (κ2) is 15.4. The number of nitrogen functional groups attached to an aromatic ring is 1. The first-order valence-corrected chi connectivity index (χ1v) is 16.4. The molecule has 3 aromatic carbocycles. The summed E-state index contributed by atoms with van der Waals surface area (Å²) in [4.78, 5) is 28.5. The summed E-state index contributed by atoms with van der Waals surface area (Å²) in [5.74, 6) is 0.727. The monoisotopic (exact) mass is 613 g/mol. The van der Waals surface area contributed by atoms with Gasteiger partial charge in [0.25, 0.3) is 0 Å². The van der Waals surface area contributed by atoms with Crippen LogP contribution in [0.5, 0.6) is 0 Å². The lowest BCUT2D eigenvalue weighted by atomic mass is 9.86. The van der Waals surface area contributed by atoms with Gasteiger partial charge in [0.1, 0.15) is 11.9 Å². The van der Waals surface area contributed by atoms with E-state index in [0.717, 1.165) is 60.4 Å². The Morgan fingerprint density at radius 3 is 2.36 bits per heavy atom. The Labute approximate surface area is 267 Å². The van der Waals surface area contributed by atoms with Crippen molar-refractivity contribution >= 4 is 29.6 Å². The molecule has 1 saturated heterocycles. The summed E-state index contributed by atoms with van der Waals surface area (Å²) in [6, 6.07) is 24.3. The predicted molar refractivity (Wildman–Crippen MR) is 182 cm³/mol. The smallest absolute Gasteiger partial charge is 0.240 e. The van der Waals surface area contributed by atoms with Crippen molar-refractivity contribution in [1.82, 2.24) is 14.9 Å². The molecular formula is C36H47N5O2S. The van der Waals surface area contributed by atoms with Crippen molar-refractivity contribution in [2.45, 2.75) is 75.6 Å².